The Bertz CT molecular complexity index is 506. The zero-order valence-electron chi connectivity index (χ0n) is 10.1. The van der Waals surface area contributed by atoms with Crippen LogP contribution in [-0.2, 0) is 4.79 Å². The van der Waals surface area contributed by atoms with Crippen molar-refractivity contribution in [1.82, 2.24) is 0 Å². The van der Waals surface area contributed by atoms with Crippen molar-refractivity contribution in [3.05, 3.63) is 29.3 Å². The van der Waals surface area contributed by atoms with Crippen molar-refractivity contribution >= 4 is 12.0 Å². The first-order chi connectivity index (χ1) is 8.73. The van der Waals surface area contributed by atoms with Gasteiger partial charge in [0.15, 0.2) is 11.5 Å². The molecule has 0 aliphatic rings. The summed E-state index contributed by atoms with van der Waals surface area (Å²) in [6.45, 7) is 1.37. The summed E-state index contributed by atoms with van der Waals surface area (Å²) in [5, 5.41) is 8.70. The first-order valence-corrected chi connectivity index (χ1v) is 5.08. The third-order valence-corrected chi connectivity index (χ3v) is 2.13. The van der Waals surface area contributed by atoms with Crippen LogP contribution < -0.4 is 9.47 Å². The molecule has 0 bridgehead atoms. The van der Waals surface area contributed by atoms with Gasteiger partial charge in [-0.3, -0.25) is 0 Å². The lowest BCUT2D eigenvalue weighted by atomic mass is 10.1. The first-order valence-electron chi connectivity index (χ1n) is 5.08. The fourth-order valence-corrected chi connectivity index (χ4v) is 1.29. The van der Waals surface area contributed by atoms with E-state index < -0.39 is 18.1 Å². The van der Waals surface area contributed by atoms with Gasteiger partial charge in [-0.15, -0.1) is 13.2 Å². The minimum absolute atomic E-state index is 0.0477. The van der Waals surface area contributed by atoms with Crippen molar-refractivity contribution in [2.75, 3.05) is 7.11 Å². The molecule has 0 saturated carbocycles. The maximum absolute atomic E-state index is 12.1. The number of halogens is 3. The van der Waals surface area contributed by atoms with Gasteiger partial charge in [0.1, 0.15) is 0 Å². The molecule has 0 amide bonds. The number of aliphatic carboxylic acids is 1. The summed E-state index contributed by atoms with van der Waals surface area (Å²) in [6, 6.07) is 3.62. The topological polar surface area (TPSA) is 55.8 Å². The molecule has 7 heteroatoms. The smallest absolute Gasteiger partial charge is 0.493 e. The lowest BCUT2D eigenvalue weighted by Crippen LogP contribution is -2.17. The van der Waals surface area contributed by atoms with Crippen molar-refractivity contribution in [3.8, 4) is 11.5 Å². The quantitative estimate of drug-likeness (QED) is 0.859. The predicted octanol–water partition coefficient (Wildman–Crippen LogP) is 3.08. The van der Waals surface area contributed by atoms with Crippen LogP contribution in [0.25, 0.3) is 6.08 Å². The number of benzene rings is 1. The van der Waals surface area contributed by atoms with E-state index in [1.807, 2.05) is 0 Å². The molecule has 0 saturated heterocycles. The predicted molar refractivity (Wildman–Crippen MR) is 61.0 cm³/mol. The average Bonchev–Trinajstić information content (AvgIpc) is 2.29. The van der Waals surface area contributed by atoms with Crippen LogP contribution in [0.15, 0.2) is 23.8 Å². The fraction of sp³-hybridized carbons (Fsp3) is 0.250. The zero-order valence-corrected chi connectivity index (χ0v) is 10.1. The molecule has 1 aromatic rings. The minimum atomic E-state index is -4.82. The van der Waals surface area contributed by atoms with Crippen LogP contribution in [0.2, 0.25) is 0 Å². The average molecular weight is 276 g/mol. The number of hydrogen-bond acceptors (Lipinski definition) is 3. The summed E-state index contributed by atoms with van der Waals surface area (Å²) in [7, 11) is 1.19. The SMILES string of the molecule is COc1cc(/C=C(\C)C(=O)O)ccc1OC(F)(F)F. The second kappa shape index (κ2) is 5.64. The van der Waals surface area contributed by atoms with Gasteiger partial charge in [-0.05, 0) is 30.7 Å². The molecule has 0 heterocycles. The standard InChI is InChI=1S/C12H11F3O4/c1-7(11(16)17)5-8-3-4-9(10(6-8)18-2)19-12(13,14)15/h3-6H,1-2H3,(H,16,17)/b7-5+. The van der Waals surface area contributed by atoms with E-state index >= 15 is 0 Å². The van der Waals surface area contributed by atoms with E-state index in [9.17, 15) is 18.0 Å². The van der Waals surface area contributed by atoms with Crippen molar-refractivity contribution < 1.29 is 32.5 Å². The number of carboxylic acid groups (broad SMARTS) is 1. The molecule has 4 nitrogen and oxygen atoms in total. The molecule has 0 aliphatic carbocycles. The van der Waals surface area contributed by atoms with Gasteiger partial charge in [-0.1, -0.05) is 6.07 Å². The molecule has 0 fully saturated rings. The van der Waals surface area contributed by atoms with E-state index in [0.717, 1.165) is 6.07 Å². The van der Waals surface area contributed by atoms with Crippen LogP contribution in [0.4, 0.5) is 13.2 Å². The maximum atomic E-state index is 12.1. The number of carboxylic acids is 1. The summed E-state index contributed by atoms with van der Waals surface area (Å²) in [5.41, 5.74) is 0.442. The molecule has 1 rings (SSSR count). The van der Waals surface area contributed by atoms with E-state index in [1.165, 1.54) is 32.2 Å². The number of carbonyl (C=O) groups is 1. The van der Waals surface area contributed by atoms with E-state index in [-0.39, 0.29) is 11.3 Å². The summed E-state index contributed by atoms with van der Waals surface area (Å²) in [6.07, 6.45) is -3.51. The number of alkyl halides is 3. The number of hydrogen-bond donors (Lipinski definition) is 1. The molecule has 1 aromatic carbocycles. The molecule has 104 valence electrons. The molecule has 0 aliphatic heterocycles. The lowest BCUT2D eigenvalue weighted by molar-refractivity contribution is -0.275. The normalized spacial score (nSPS) is 12.2. The van der Waals surface area contributed by atoms with Gasteiger partial charge < -0.3 is 14.6 Å². The van der Waals surface area contributed by atoms with Gasteiger partial charge in [0.2, 0.25) is 0 Å². The van der Waals surface area contributed by atoms with E-state index in [4.69, 9.17) is 9.84 Å². The Balaban J connectivity index is 3.09. The molecular formula is C12H11F3O4. The third-order valence-electron chi connectivity index (χ3n) is 2.13. The van der Waals surface area contributed by atoms with Crippen molar-refractivity contribution in [3.63, 3.8) is 0 Å². The van der Waals surface area contributed by atoms with Crippen LogP contribution >= 0.6 is 0 Å². The zero-order chi connectivity index (χ0) is 14.6. The molecule has 0 aromatic heterocycles. The van der Waals surface area contributed by atoms with E-state index in [0.29, 0.717) is 5.56 Å². The third kappa shape index (κ3) is 4.53. The highest BCUT2D eigenvalue weighted by atomic mass is 19.4. The Hall–Kier alpha value is -2.18. The second-order valence-corrected chi connectivity index (χ2v) is 3.59. The van der Waals surface area contributed by atoms with E-state index in [1.54, 1.807) is 0 Å². The summed E-state index contributed by atoms with van der Waals surface area (Å²) >= 11 is 0. The highest BCUT2D eigenvalue weighted by molar-refractivity contribution is 5.91. The van der Waals surface area contributed by atoms with Crippen LogP contribution in [0.1, 0.15) is 12.5 Å². The van der Waals surface area contributed by atoms with E-state index in [2.05, 4.69) is 4.74 Å². The number of methoxy groups -OCH3 is 1. The first kappa shape index (κ1) is 14.9. The van der Waals surface area contributed by atoms with Gasteiger partial charge in [0.05, 0.1) is 7.11 Å². The minimum Gasteiger partial charge on any atom is -0.493 e. The summed E-state index contributed by atoms with van der Waals surface area (Å²) in [5.74, 6) is -1.74. The maximum Gasteiger partial charge on any atom is 0.573 e. The van der Waals surface area contributed by atoms with Crippen molar-refractivity contribution in [1.29, 1.82) is 0 Å². The second-order valence-electron chi connectivity index (χ2n) is 3.59. The fourth-order valence-electron chi connectivity index (χ4n) is 1.29. The van der Waals surface area contributed by atoms with Gasteiger partial charge in [-0.25, -0.2) is 4.79 Å². The number of ether oxygens (including phenoxy) is 2. The molecule has 0 spiro atoms. The van der Waals surface area contributed by atoms with Gasteiger partial charge in [-0.2, -0.15) is 0 Å². The highest BCUT2D eigenvalue weighted by Crippen LogP contribution is 2.33. The summed E-state index contributed by atoms with van der Waals surface area (Å²) in [4.78, 5) is 10.6. The Morgan fingerprint density at radius 1 is 1.32 bits per heavy atom. The molecule has 0 radical (unpaired) electrons. The molecule has 1 N–H and O–H groups in total. The Labute approximate surface area is 107 Å². The summed E-state index contributed by atoms with van der Waals surface area (Å²) < 4.78 is 44.9. The van der Waals surface area contributed by atoms with Crippen LogP contribution in [-0.4, -0.2) is 24.5 Å². The van der Waals surface area contributed by atoms with Gasteiger partial charge in [0, 0.05) is 5.57 Å². The lowest BCUT2D eigenvalue weighted by Gasteiger charge is -2.12. The highest BCUT2D eigenvalue weighted by Gasteiger charge is 2.32. The molecule has 0 unspecified atom stereocenters. The van der Waals surface area contributed by atoms with Gasteiger partial charge in [0.25, 0.3) is 0 Å². The Kier molecular flexibility index (Phi) is 4.42. The Morgan fingerprint density at radius 2 is 1.95 bits per heavy atom. The van der Waals surface area contributed by atoms with Crippen LogP contribution in [0.3, 0.4) is 0 Å². The molecule has 0 atom stereocenters. The van der Waals surface area contributed by atoms with Gasteiger partial charge >= 0.3 is 12.3 Å². The Morgan fingerprint density at radius 3 is 2.42 bits per heavy atom. The molecular weight excluding hydrogens is 265 g/mol. The largest absolute Gasteiger partial charge is 0.573 e. The van der Waals surface area contributed by atoms with Crippen LogP contribution in [0.5, 0.6) is 11.5 Å². The monoisotopic (exact) mass is 276 g/mol. The van der Waals surface area contributed by atoms with Crippen molar-refractivity contribution in [2.24, 2.45) is 0 Å². The van der Waals surface area contributed by atoms with Crippen LogP contribution in [0, 0.1) is 0 Å². The van der Waals surface area contributed by atoms with Crippen molar-refractivity contribution in [2.45, 2.75) is 13.3 Å². The molecule has 19 heavy (non-hydrogen) atoms. The number of rotatable bonds is 4.